The second-order valence-corrected chi connectivity index (χ2v) is 15.3. The van der Waals surface area contributed by atoms with Crippen molar-refractivity contribution in [3.63, 3.8) is 0 Å². The first-order valence-corrected chi connectivity index (χ1v) is 14.2. The van der Waals surface area contributed by atoms with Crippen molar-refractivity contribution < 1.29 is 0 Å². The Bertz CT molecular complexity index is 320. The van der Waals surface area contributed by atoms with Crippen LogP contribution in [0.2, 0.25) is 22.2 Å². The smallest absolute Gasteiger partial charge is 0.0533 e. The van der Waals surface area contributed by atoms with E-state index in [0.717, 1.165) is 0 Å². The van der Waals surface area contributed by atoms with Crippen LogP contribution in [0, 0.1) is 0 Å². The fraction of sp³-hybridized carbons (Fsp3) is 1.00. The van der Waals surface area contributed by atoms with Gasteiger partial charge in [0.1, 0.15) is 0 Å². The second kappa shape index (κ2) is 8.27. The molecule has 0 spiro atoms. The fourth-order valence-electron chi connectivity index (χ4n) is 8.23. The molecule has 4 saturated carbocycles. The first kappa shape index (κ1) is 17.6. The molecule has 0 radical (unpaired) electrons. The lowest BCUT2D eigenvalue weighted by Gasteiger charge is -2.57. The minimum absolute atomic E-state index is 1.16. The SMILES string of the molecule is C1CCC([Si](C2CCCCC2)(C2CCCCC2)C2CCCC2)CC1. The Morgan fingerprint density at radius 1 is 0.292 bits per heavy atom. The zero-order valence-corrected chi connectivity index (χ0v) is 17.2. The van der Waals surface area contributed by atoms with Gasteiger partial charge in [-0.2, -0.15) is 0 Å². The van der Waals surface area contributed by atoms with E-state index >= 15 is 0 Å². The van der Waals surface area contributed by atoms with Crippen molar-refractivity contribution in [3.05, 3.63) is 0 Å². The summed E-state index contributed by atoms with van der Waals surface area (Å²) < 4.78 is 0. The summed E-state index contributed by atoms with van der Waals surface area (Å²) in [6, 6.07) is 0. The van der Waals surface area contributed by atoms with Crippen molar-refractivity contribution in [1.29, 1.82) is 0 Å². The van der Waals surface area contributed by atoms with Gasteiger partial charge in [-0.15, -0.1) is 0 Å². The van der Waals surface area contributed by atoms with Gasteiger partial charge in [-0.3, -0.25) is 0 Å². The Labute approximate surface area is 152 Å². The Balaban J connectivity index is 1.70. The van der Waals surface area contributed by atoms with Crippen LogP contribution in [0.25, 0.3) is 0 Å². The Morgan fingerprint density at radius 3 is 0.750 bits per heavy atom. The minimum atomic E-state index is -1.16. The summed E-state index contributed by atoms with van der Waals surface area (Å²) in [7, 11) is -1.16. The topological polar surface area (TPSA) is 0 Å². The summed E-state index contributed by atoms with van der Waals surface area (Å²) in [5.41, 5.74) is 5.01. The molecule has 0 aromatic heterocycles. The zero-order valence-electron chi connectivity index (χ0n) is 16.2. The third kappa shape index (κ3) is 3.28. The van der Waals surface area contributed by atoms with Crippen LogP contribution in [0.4, 0.5) is 0 Å². The molecular formula is C23H42Si. The molecule has 0 atom stereocenters. The van der Waals surface area contributed by atoms with Crippen molar-refractivity contribution in [2.75, 3.05) is 0 Å². The molecule has 0 nitrogen and oxygen atoms in total. The summed E-state index contributed by atoms with van der Waals surface area (Å²) >= 11 is 0. The number of rotatable bonds is 4. The molecule has 0 aliphatic heterocycles. The van der Waals surface area contributed by atoms with E-state index in [9.17, 15) is 0 Å². The molecule has 4 rings (SSSR count). The van der Waals surface area contributed by atoms with Crippen LogP contribution in [0.3, 0.4) is 0 Å². The molecule has 4 fully saturated rings. The predicted octanol–water partition coefficient (Wildman–Crippen LogP) is 8.38. The Morgan fingerprint density at radius 2 is 0.500 bits per heavy atom. The fourth-order valence-corrected chi connectivity index (χ4v) is 17.9. The molecule has 0 N–H and O–H groups in total. The molecule has 0 aromatic carbocycles. The summed E-state index contributed by atoms with van der Waals surface area (Å²) in [6.07, 6.45) is 30.7. The van der Waals surface area contributed by atoms with Crippen LogP contribution in [0.15, 0.2) is 0 Å². The van der Waals surface area contributed by atoms with Gasteiger partial charge in [0.15, 0.2) is 0 Å². The summed E-state index contributed by atoms with van der Waals surface area (Å²) in [5.74, 6) is 0. The van der Waals surface area contributed by atoms with E-state index in [1.165, 1.54) is 22.2 Å². The standard InChI is InChI=1S/C23H42Si/c1-4-12-20(13-5-1)24(23-18-10-11-19-23,21-14-6-2-7-15-21)22-16-8-3-9-17-22/h20-23H,1-19H2. The summed E-state index contributed by atoms with van der Waals surface area (Å²) in [5, 5.41) is 0. The highest BCUT2D eigenvalue weighted by atomic mass is 28.3. The third-order valence-electron chi connectivity index (χ3n) is 9.00. The van der Waals surface area contributed by atoms with Gasteiger partial charge >= 0.3 is 0 Å². The minimum Gasteiger partial charge on any atom is -0.0533 e. The van der Waals surface area contributed by atoms with E-state index in [1.807, 2.05) is 0 Å². The lowest BCUT2D eigenvalue weighted by Crippen LogP contribution is -2.54. The van der Waals surface area contributed by atoms with E-state index in [1.54, 1.807) is 122 Å². The van der Waals surface area contributed by atoms with Gasteiger partial charge in [0, 0.05) is 0 Å². The molecule has 4 aliphatic rings. The highest BCUT2D eigenvalue weighted by Crippen LogP contribution is 2.64. The summed E-state index contributed by atoms with van der Waals surface area (Å²) in [4.78, 5) is 0. The maximum Gasteiger partial charge on any atom is 0.0660 e. The van der Waals surface area contributed by atoms with E-state index in [4.69, 9.17) is 0 Å². The molecule has 0 saturated heterocycles. The quantitative estimate of drug-likeness (QED) is 0.448. The van der Waals surface area contributed by atoms with Crippen molar-refractivity contribution in [2.45, 2.75) is 144 Å². The van der Waals surface area contributed by atoms with Gasteiger partial charge in [-0.25, -0.2) is 0 Å². The molecular weight excluding hydrogens is 304 g/mol. The van der Waals surface area contributed by atoms with Gasteiger partial charge < -0.3 is 0 Å². The van der Waals surface area contributed by atoms with Crippen molar-refractivity contribution in [3.8, 4) is 0 Å². The van der Waals surface area contributed by atoms with Crippen LogP contribution in [0.5, 0.6) is 0 Å². The van der Waals surface area contributed by atoms with E-state index in [0.29, 0.717) is 0 Å². The molecule has 0 unspecified atom stereocenters. The first-order valence-electron chi connectivity index (χ1n) is 11.9. The molecule has 0 bridgehead atoms. The molecule has 138 valence electrons. The number of hydrogen-bond donors (Lipinski definition) is 0. The van der Waals surface area contributed by atoms with Gasteiger partial charge in [0.25, 0.3) is 0 Å². The van der Waals surface area contributed by atoms with E-state index in [2.05, 4.69) is 0 Å². The van der Waals surface area contributed by atoms with Crippen LogP contribution in [-0.4, -0.2) is 8.07 Å². The lowest BCUT2D eigenvalue weighted by molar-refractivity contribution is 0.403. The Hall–Kier alpha value is 0.217. The number of hydrogen-bond acceptors (Lipinski definition) is 0. The third-order valence-corrected chi connectivity index (χ3v) is 17.0. The van der Waals surface area contributed by atoms with Crippen LogP contribution in [-0.2, 0) is 0 Å². The van der Waals surface area contributed by atoms with Gasteiger partial charge in [0.2, 0.25) is 0 Å². The average molecular weight is 347 g/mol. The highest BCUT2D eigenvalue weighted by Gasteiger charge is 2.56. The molecule has 24 heavy (non-hydrogen) atoms. The molecule has 0 heterocycles. The summed E-state index contributed by atoms with van der Waals surface area (Å²) in [6.45, 7) is 0. The van der Waals surface area contributed by atoms with Crippen LogP contribution in [0.1, 0.15) is 122 Å². The van der Waals surface area contributed by atoms with Gasteiger partial charge in [-0.1, -0.05) is 122 Å². The monoisotopic (exact) mass is 346 g/mol. The maximum atomic E-state index is 1.66. The predicted molar refractivity (Wildman–Crippen MR) is 108 cm³/mol. The van der Waals surface area contributed by atoms with Gasteiger partial charge in [-0.05, 0) is 22.2 Å². The molecule has 4 aliphatic carbocycles. The largest absolute Gasteiger partial charge is 0.0660 e. The molecule has 0 amide bonds. The molecule has 0 aromatic rings. The maximum absolute atomic E-state index is 1.66. The van der Waals surface area contributed by atoms with E-state index in [-0.39, 0.29) is 0 Å². The molecule has 1 heteroatoms. The Kier molecular flexibility index (Phi) is 6.07. The second-order valence-electron chi connectivity index (χ2n) is 9.99. The highest BCUT2D eigenvalue weighted by molar-refractivity contribution is 6.85. The van der Waals surface area contributed by atoms with Crippen molar-refractivity contribution in [2.24, 2.45) is 0 Å². The van der Waals surface area contributed by atoms with E-state index < -0.39 is 8.07 Å². The van der Waals surface area contributed by atoms with Crippen LogP contribution < -0.4 is 0 Å². The van der Waals surface area contributed by atoms with Crippen LogP contribution >= 0.6 is 0 Å². The zero-order chi connectivity index (χ0) is 16.2. The lowest BCUT2D eigenvalue weighted by atomic mass is 9.98. The van der Waals surface area contributed by atoms with Crippen molar-refractivity contribution >= 4 is 8.07 Å². The van der Waals surface area contributed by atoms with Crippen molar-refractivity contribution in [1.82, 2.24) is 0 Å². The average Bonchev–Trinajstić information content (AvgIpc) is 3.20. The normalized spacial score (nSPS) is 30.0. The first-order chi connectivity index (χ1) is 11.9. The van der Waals surface area contributed by atoms with Gasteiger partial charge in [0.05, 0.1) is 8.07 Å².